The zero-order chi connectivity index (χ0) is 23.5. The maximum absolute atomic E-state index is 5.91. The zero-order valence-corrected chi connectivity index (χ0v) is 18.8. The van der Waals surface area contributed by atoms with Gasteiger partial charge in [0.25, 0.3) is 5.89 Å². The molecule has 4 aromatic heterocycles. The SMILES string of the molecule is COc1cc(OCc2c(-c3nc(-c4ccc(Cn5nnnc5C)cc4)no3)cnn2C)ccn1. The van der Waals surface area contributed by atoms with Crippen molar-refractivity contribution in [1.82, 2.24) is 45.1 Å². The molecule has 172 valence electrons. The van der Waals surface area contributed by atoms with Crippen LogP contribution in [0.1, 0.15) is 17.1 Å². The van der Waals surface area contributed by atoms with Crippen molar-refractivity contribution in [2.45, 2.75) is 20.1 Å². The van der Waals surface area contributed by atoms with Crippen LogP contribution >= 0.6 is 0 Å². The van der Waals surface area contributed by atoms with Gasteiger partial charge in [-0.1, -0.05) is 29.4 Å². The van der Waals surface area contributed by atoms with Gasteiger partial charge >= 0.3 is 0 Å². The Morgan fingerprint density at radius 2 is 1.97 bits per heavy atom. The first-order valence-corrected chi connectivity index (χ1v) is 10.4. The number of pyridine rings is 1. The van der Waals surface area contributed by atoms with E-state index in [1.807, 2.05) is 38.2 Å². The van der Waals surface area contributed by atoms with Gasteiger partial charge < -0.3 is 14.0 Å². The van der Waals surface area contributed by atoms with Crippen molar-refractivity contribution in [2.24, 2.45) is 7.05 Å². The summed E-state index contributed by atoms with van der Waals surface area (Å²) in [5.41, 5.74) is 3.38. The molecule has 5 rings (SSSR count). The maximum atomic E-state index is 5.91. The number of tetrazole rings is 1. The fourth-order valence-electron chi connectivity index (χ4n) is 3.33. The van der Waals surface area contributed by atoms with Gasteiger partial charge in [-0.3, -0.25) is 4.68 Å². The molecule has 1 aromatic carbocycles. The van der Waals surface area contributed by atoms with Gasteiger partial charge in [-0.2, -0.15) is 10.1 Å². The Kier molecular flexibility index (Phi) is 5.68. The summed E-state index contributed by atoms with van der Waals surface area (Å²) in [5, 5.41) is 20.0. The highest BCUT2D eigenvalue weighted by atomic mass is 16.5. The molecule has 0 aliphatic rings. The highest BCUT2D eigenvalue weighted by molar-refractivity contribution is 5.61. The molecule has 12 heteroatoms. The highest BCUT2D eigenvalue weighted by Crippen LogP contribution is 2.26. The predicted octanol–water partition coefficient (Wildman–Crippen LogP) is 2.46. The average molecular weight is 459 g/mol. The molecule has 0 bridgehead atoms. The Hall–Kier alpha value is -4.61. The van der Waals surface area contributed by atoms with E-state index in [0.29, 0.717) is 35.5 Å². The van der Waals surface area contributed by atoms with Crippen molar-refractivity contribution < 1.29 is 14.0 Å². The first-order chi connectivity index (χ1) is 16.6. The van der Waals surface area contributed by atoms with Crippen LogP contribution in [0.3, 0.4) is 0 Å². The minimum absolute atomic E-state index is 0.252. The van der Waals surface area contributed by atoms with E-state index in [4.69, 9.17) is 14.0 Å². The summed E-state index contributed by atoms with van der Waals surface area (Å²) < 4.78 is 20.0. The molecule has 4 heterocycles. The van der Waals surface area contributed by atoms with Gasteiger partial charge in [-0.15, -0.1) is 5.10 Å². The predicted molar refractivity (Wildman–Crippen MR) is 119 cm³/mol. The van der Waals surface area contributed by atoms with Gasteiger partial charge in [-0.25, -0.2) is 9.67 Å². The third-order valence-corrected chi connectivity index (χ3v) is 5.26. The summed E-state index contributed by atoms with van der Waals surface area (Å²) in [4.78, 5) is 8.65. The molecule has 0 unspecified atom stereocenters. The third kappa shape index (κ3) is 4.33. The molecule has 0 saturated heterocycles. The summed E-state index contributed by atoms with van der Waals surface area (Å²) in [7, 11) is 3.39. The Morgan fingerprint density at radius 1 is 1.12 bits per heavy atom. The number of rotatable bonds is 8. The molecule has 5 aromatic rings. The Balaban J connectivity index is 1.32. The van der Waals surface area contributed by atoms with Gasteiger partial charge in [0.05, 0.1) is 31.1 Å². The second kappa shape index (κ2) is 9.10. The Bertz CT molecular complexity index is 1410. The third-order valence-electron chi connectivity index (χ3n) is 5.26. The lowest BCUT2D eigenvalue weighted by atomic mass is 10.1. The molecule has 0 atom stereocenters. The van der Waals surface area contributed by atoms with Crippen LogP contribution in [0.15, 0.2) is 53.3 Å². The van der Waals surface area contributed by atoms with Crippen LogP contribution in [-0.2, 0) is 20.2 Å². The summed E-state index contributed by atoms with van der Waals surface area (Å²) in [6.07, 6.45) is 3.30. The molecule has 0 spiro atoms. The quantitative estimate of drug-likeness (QED) is 0.341. The molecule has 0 saturated carbocycles. The fraction of sp³-hybridized carbons (Fsp3) is 0.227. The minimum Gasteiger partial charge on any atom is -0.487 e. The van der Waals surface area contributed by atoms with Gasteiger partial charge in [0.15, 0.2) is 0 Å². The Labute approximate surface area is 194 Å². The average Bonchev–Trinajstić information content (AvgIpc) is 3.59. The molecule has 0 aliphatic carbocycles. The number of methoxy groups -OCH3 is 1. The molecule has 0 N–H and O–H groups in total. The number of hydrogen-bond donors (Lipinski definition) is 0. The molecule has 0 fully saturated rings. The first-order valence-electron chi connectivity index (χ1n) is 10.4. The lowest BCUT2D eigenvalue weighted by molar-refractivity contribution is 0.291. The topological polar surface area (TPSA) is 132 Å². The molecule has 0 radical (unpaired) electrons. The molecule has 0 amide bonds. The second-order valence-electron chi connectivity index (χ2n) is 7.45. The summed E-state index contributed by atoms with van der Waals surface area (Å²) in [5.74, 6) is 2.70. The summed E-state index contributed by atoms with van der Waals surface area (Å²) in [6.45, 7) is 2.70. The number of benzene rings is 1. The van der Waals surface area contributed by atoms with Crippen molar-refractivity contribution in [3.8, 4) is 34.5 Å². The summed E-state index contributed by atoms with van der Waals surface area (Å²) in [6, 6.07) is 11.3. The standard InChI is InChI=1S/C22H21N9O3/c1-14-26-28-29-31(14)12-15-4-6-16(7-5-15)21-25-22(34-27-21)18-11-24-30(2)19(18)13-33-17-8-9-23-20(10-17)32-3/h4-11H,12-13H2,1-3H3. The van der Waals surface area contributed by atoms with E-state index >= 15 is 0 Å². The van der Waals surface area contributed by atoms with Gasteiger partial charge in [0, 0.05) is 24.9 Å². The largest absolute Gasteiger partial charge is 0.487 e. The number of ether oxygens (including phenoxy) is 2. The van der Waals surface area contributed by atoms with Crippen molar-refractivity contribution >= 4 is 0 Å². The lowest BCUT2D eigenvalue weighted by Gasteiger charge is -2.08. The smallest absolute Gasteiger partial charge is 0.261 e. The van der Waals surface area contributed by atoms with E-state index in [1.54, 1.807) is 41.0 Å². The highest BCUT2D eigenvalue weighted by Gasteiger charge is 2.18. The maximum Gasteiger partial charge on any atom is 0.261 e. The van der Waals surface area contributed by atoms with Crippen molar-refractivity contribution in [3.05, 3.63) is 65.9 Å². The van der Waals surface area contributed by atoms with Crippen LogP contribution in [0.25, 0.3) is 22.8 Å². The number of nitrogens with zero attached hydrogens (tertiary/aromatic N) is 9. The van der Waals surface area contributed by atoms with E-state index in [0.717, 1.165) is 22.6 Å². The molecule has 34 heavy (non-hydrogen) atoms. The van der Waals surface area contributed by atoms with Crippen LogP contribution in [0.5, 0.6) is 11.6 Å². The van der Waals surface area contributed by atoms with E-state index < -0.39 is 0 Å². The zero-order valence-electron chi connectivity index (χ0n) is 18.8. The number of aromatic nitrogens is 9. The number of hydrogen-bond acceptors (Lipinski definition) is 10. The van der Waals surface area contributed by atoms with E-state index in [1.165, 1.54) is 0 Å². The summed E-state index contributed by atoms with van der Waals surface area (Å²) >= 11 is 0. The van der Waals surface area contributed by atoms with Gasteiger partial charge in [0.1, 0.15) is 18.2 Å². The molecular formula is C22H21N9O3. The Morgan fingerprint density at radius 3 is 2.74 bits per heavy atom. The van der Waals surface area contributed by atoms with Crippen LogP contribution in [0, 0.1) is 6.92 Å². The van der Waals surface area contributed by atoms with E-state index in [2.05, 4.69) is 35.7 Å². The van der Waals surface area contributed by atoms with Crippen LogP contribution in [0.4, 0.5) is 0 Å². The van der Waals surface area contributed by atoms with Crippen LogP contribution in [-0.4, -0.2) is 52.2 Å². The molecule has 0 aliphatic heterocycles. The second-order valence-corrected chi connectivity index (χ2v) is 7.45. The fourth-order valence-corrected chi connectivity index (χ4v) is 3.33. The molecular weight excluding hydrogens is 438 g/mol. The van der Waals surface area contributed by atoms with Crippen LogP contribution < -0.4 is 9.47 Å². The van der Waals surface area contributed by atoms with Crippen molar-refractivity contribution in [1.29, 1.82) is 0 Å². The van der Waals surface area contributed by atoms with Gasteiger partial charge in [-0.05, 0) is 29.0 Å². The van der Waals surface area contributed by atoms with Crippen molar-refractivity contribution in [2.75, 3.05) is 7.11 Å². The van der Waals surface area contributed by atoms with Crippen molar-refractivity contribution in [3.63, 3.8) is 0 Å². The lowest BCUT2D eigenvalue weighted by Crippen LogP contribution is -2.04. The van der Waals surface area contributed by atoms with Crippen LogP contribution in [0.2, 0.25) is 0 Å². The minimum atomic E-state index is 0.252. The number of aryl methyl sites for hydroxylation is 2. The van der Waals surface area contributed by atoms with E-state index in [-0.39, 0.29) is 6.61 Å². The molecule has 12 nitrogen and oxygen atoms in total. The van der Waals surface area contributed by atoms with E-state index in [9.17, 15) is 0 Å². The monoisotopic (exact) mass is 459 g/mol. The van der Waals surface area contributed by atoms with Gasteiger partial charge in [0.2, 0.25) is 11.7 Å². The first kappa shape index (κ1) is 21.2. The normalized spacial score (nSPS) is 11.0.